The number of hydrogen-bond acceptors (Lipinski definition) is 4. The number of nitrogens with zero attached hydrogens (tertiary/aromatic N) is 4. The van der Waals surface area contributed by atoms with Gasteiger partial charge in [0.05, 0.1) is 5.69 Å². The summed E-state index contributed by atoms with van der Waals surface area (Å²) in [5.41, 5.74) is 1.74. The standard InChI is InChI=1S/C16H28N4O2/c1-11-13(17-12(2)18(11)6)14(15(21)22)19-7-9-20(10-8-19)16(3,4)5/h14H,7-10H2,1-6H3,(H,21,22). The molecule has 1 aromatic heterocycles. The first-order valence-corrected chi connectivity index (χ1v) is 7.84. The fourth-order valence-electron chi connectivity index (χ4n) is 3.10. The Morgan fingerprint density at radius 3 is 2.09 bits per heavy atom. The average Bonchev–Trinajstić information content (AvgIpc) is 2.66. The highest BCUT2D eigenvalue weighted by Crippen LogP contribution is 2.26. The van der Waals surface area contributed by atoms with E-state index in [9.17, 15) is 9.90 Å². The molecule has 124 valence electrons. The number of carboxylic acids is 1. The van der Waals surface area contributed by atoms with Crippen LogP contribution in [0.1, 0.15) is 44.0 Å². The maximum atomic E-state index is 11.8. The molecule has 6 nitrogen and oxygen atoms in total. The van der Waals surface area contributed by atoms with E-state index in [1.165, 1.54) is 0 Å². The molecular formula is C16H28N4O2. The highest BCUT2D eigenvalue weighted by atomic mass is 16.4. The second kappa shape index (κ2) is 6.01. The molecule has 0 spiro atoms. The quantitative estimate of drug-likeness (QED) is 0.918. The SMILES string of the molecule is Cc1nc(C(C(=O)O)N2CCN(C(C)(C)C)CC2)c(C)n1C. The average molecular weight is 308 g/mol. The van der Waals surface area contributed by atoms with Gasteiger partial charge in [-0.05, 0) is 34.6 Å². The molecule has 2 heterocycles. The third kappa shape index (κ3) is 3.17. The van der Waals surface area contributed by atoms with Crippen molar-refractivity contribution in [2.75, 3.05) is 26.2 Å². The zero-order valence-electron chi connectivity index (χ0n) is 14.6. The number of carboxylic acid groups (broad SMARTS) is 1. The molecule has 2 rings (SSSR count). The summed E-state index contributed by atoms with van der Waals surface area (Å²) in [4.78, 5) is 20.8. The molecule has 1 aromatic rings. The number of aromatic nitrogens is 2. The monoisotopic (exact) mass is 308 g/mol. The maximum Gasteiger partial charge on any atom is 0.327 e. The third-order valence-corrected chi connectivity index (χ3v) is 4.76. The molecule has 0 aromatic carbocycles. The van der Waals surface area contributed by atoms with Crippen molar-refractivity contribution in [3.63, 3.8) is 0 Å². The molecule has 1 unspecified atom stereocenters. The van der Waals surface area contributed by atoms with Crippen LogP contribution in [-0.2, 0) is 11.8 Å². The summed E-state index contributed by atoms with van der Waals surface area (Å²) in [6, 6.07) is -0.651. The first-order valence-electron chi connectivity index (χ1n) is 7.84. The summed E-state index contributed by atoms with van der Waals surface area (Å²) in [5, 5.41) is 9.72. The van der Waals surface area contributed by atoms with Crippen LogP contribution in [0.15, 0.2) is 0 Å². The van der Waals surface area contributed by atoms with Crippen molar-refractivity contribution in [2.24, 2.45) is 7.05 Å². The topological polar surface area (TPSA) is 61.6 Å². The van der Waals surface area contributed by atoms with Gasteiger partial charge >= 0.3 is 5.97 Å². The molecule has 0 bridgehead atoms. The Morgan fingerprint density at radius 1 is 1.18 bits per heavy atom. The summed E-state index contributed by atoms with van der Waals surface area (Å²) in [6.45, 7) is 13.7. The number of piperazine rings is 1. The van der Waals surface area contributed by atoms with Crippen LogP contribution in [0, 0.1) is 13.8 Å². The zero-order valence-corrected chi connectivity index (χ0v) is 14.6. The van der Waals surface area contributed by atoms with Crippen molar-refractivity contribution in [3.8, 4) is 0 Å². The Kier molecular flexibility index (Phi) is 4.63. The van der Waals surface area contributed by atoms with Gasteiger partial charge < -0.3 is 9.67 Å². The minimum absolute atomic E-state index is 0.127. The molecule has 0 amide bonds. The third-order valence-electron chi connectivity index (χ3n) is 4.76. The lowest BCUT2D eigenvalue weighted by Gasteiger charge is -2.43. The van der Waals surface area contributed by atoms with E-state index in [0.717, 1.165) is 37.7 Å². The van der Waals surface area contributed by atoms with Gasteiger partial charge in [0.25, 0.3) is 0 Å². The Balaban J connectivity index is 2.21. The molecule has 0 radical (unpaired) electrons. The lowest BCUT2D eigenvalue weighted by Crippen LogP contribution is -2.54. The summed E-state index contributed by atoms with van der Waals surface area (Å²) >= 11 is 0. The molecular weight excluding hydrogens is 280 g/mol. The zero-order chi connectivity index (χ0) is 16.7. The first-order chi connectivity index (χ1) is 10.1. The van der Waals surface area contributed by atoms with Crippen LogP contribution in [0.4, 0.5) is 0 Å². The van der Waals surface area contributed by atoms with Crippen molar-refractivity contribution >= 4 is 5.97 Å². The van der Waals surface area contributed by atoms with Crippen molar-refractivity contribution in [3.05, 3.63) is 17.2 Å². The molecule has 6 heteroatoms. The van der Waals surface area contributed by atoms with Gasteiger partial charge in [0.1, 0.15) is 5.82 Å². The second-order valence-electron chi connectivity index (χ2n) is 7.12. The maximum absolute atomic E-state index is 11.8. The lowest BCUT2D eigenvalue weighted by atomic mass is 10.0. The van der Waals surface area contributed by atoms with Crippen LogP contribution < -0.4 is 0 Å². The van der Waals surface area contributed by atoms with E-state index >= 15 is 0 Å². The summed E-state index contributed by atoms with van der Waals surface area (Å²) < 4.78 is 1.96. The highest BCUT2D eigenvalue weighted by Gasteiger charge is 2.35. The fourth-order valence-corrected chi connectivity index (χ4v) is 3.10. The van der Waals surface area contributed by atoms with Crippen LogP contribution in [0.3, 0.4) is 0 Å². The molecule has 1 atom stereocenters. The molecule has 1 aliphatic heterocycles. The van der Waals surface area contributed by atoms with Crippen LogP contribution >= 0.6 is 0 Å². The molecule has 1 fully saturated rings. The number of carbonyl (C=O) groups is 1. The minimum Gasteiger partial charge on any atom is -0.480 e. The number of aliphatic carboxylic acids is 1. The van der Waals surface area contributed by atoms with Gasteiger partial charge in [-0.3, -0.25) is 14.6 Å². The van der Waals surface area contributed by atoms with Crippen molar-refractivity contribution < 1.29 is 9.90 Å². The highest BCUT2D eigenvalue weighted by molar-refractivity contribution is 5.75. The summed E-state index contributed by atoms with van der Waals surface area (Å²) in [5.74, 6) is 0.0393. The Bertz CT molecular complexity index is 551. The smallest absolute Gasteiger partial charge is 0.327 e. The van der Waals surface area contributed by atoms with E-state index in [1.807, 2.05) is 30.4 Å². The van der Waals surface area contributed by atoms with Gasteiger partial charge in [-0.25, -0.2) is 4.98 Å². The molecule has 0 saturated carbocycles. The van der Waals surface area contributed by atoms with Crippen molar-refractivity contribution in [1.29, 1.82) is 0 Å². The van der Waals surface area contributed by atoms with Crippen molar-refractivity contribution in [2.45, 2.75) is 46.2 Å². The van der Waals surface area contributed by atoms with E-state index < -0.39 is 12.0 Å². The van der Waals surface area contributed by atoms with Gasteiger partial charge in [-0.15, -0.1) is 0 Å². The molecule has 22 heavy (non-hydrogen) atoms. The molecule has 1 saturated heterocycles. The molecule has 0 aliphatic carbocycles. The van der Waals surface area contributed by atoms with Crippen molar-refractivity contribution in [1.82, 2.24) is 19.4 Å². The van der Waals surface area contributed by atoms with E-state index in [4.69, 9.17) is 0 Å². The molecule has 1 aliphatic rings. The summed E-state index contributed by atoms with van der Waals surface area (Å²) in [6.07, 6.45) is 0. The Morgan fingerprint density at radius 2 is 1.73 bits per heavy atom. The van der Waals surface area contributed by atoms with Crippen LogP contribution in [0.5, 0.6) is 0 Å². The second-order valence-corrected chi connectivity index (χ2v) is 7.12. The predicted molar refractivity (Wildman–Crippen MR) is 86.0 cm³/mol. The van der Waals surface area contributed by atoms with E-state index in [1.54, 1.807) is 0 Å². The fraction of sp³-hybridized carbons (Fsp3) is 0.750. The van der Waals surface area contributed by atoms with Crippen LogP contribution in [0.25, 0.3) is 0 Å². The van der Waals surface area contributed by atoms with Gasteiger partial charge in [-0.2, -0.15) is 0 Å². The number of hydrogen-bond donors (Lipinski definition) is 1. The normalized spacial score (nSPS) is 19.4. The number of imidazole rings is 1. The van der Waals surface area contributed by atoms with E-state index in [2.05, 4.69) is 30.7 Å². The molecule has 1 N–H and O–H groups in total. The van der Waals surface area contributed by atoms with Gasteiger partial charge in [0.2, 0.25) is 0 Å². The lowest BCUT2D eigenvalue weighted by molar-refractivity contribution is -0.144. The van der Waals surface area contributed by atoms with Crippen LogP contribution in [-0.4, -0.2) is 62.1 Å². The first kappa shape index (κ1) is 17.0. The Hall–Kier alpha value is -1.40. The predicted octanol–water partition coefficient (Wildman–Crippen LogP) is 1.58. The van der Waals surface area contributed by atoms with Gasteiger partial charge in [-0.1, -0.05) is 0 Å². The van der Waals surface area contributed by atoms with Gasteiger partial charge in [0.15, 0.2) is 6.04 Å². The Labute approximate surface area is 132 Å². The van der Waals surface area contributed by atoms with E-state index in [0.29, 0.717) is 5.69 Å². The minimum atomic E-state index is -0.814. The van der Waals surface area contributed by atoms with Crippen LogP contribution in [0.2, 0.25) is 0 Å². The van der Waals surface area contributed by atoms with Gasteiger partial charge in [0, 0.05) is 44.5 Å². The summed E-state index contributed by atoms with van der Waals surface area (Å²) in [7, 11) is 1.93. The largest absolute Gasteiger partial charge is 0.480 e. The number of aryl methyl sites for hydroxylation is 1. The van der Waals surface area contributed by atoms with E-state index in [-0.39, 0.29) is 5.54 Å². The number of rotatable bonds is 3.